The van der Waals surface area contributed by atoms with Gasteiger partial charge in [0.1, 0.15) is 22.6 Å². The molecule has 0 bridgehead atoms. The lowest BCUT2D eigenvalue weighted by Gasteiger charge is -2.08. The van der Waals surface area contributed by atoms with E-state index in [-0.39, 0.29) is 0 Å². The van der Waals surface area contributed by atoms with Crippen LogP contribution >= 0.6 is 11.8 Å². The molecule has 0 aliphatic heterocycles. The van der Waals surface area contributed by atoms with Crippen LogP contribution in [-0.2, 0) is 0 Å². The Hall–Kier alpha value is -3.76. The molecule has 0 amide bonds. The van der Waals surface area contributed by atoms with Crippen LogP contribution in [0.2, 0.25) is 0 Å². The molecule has 0 fully saturated rings. The van der Waals surface area contributed by atoms with Crippen LogP contribution in [0.25, 0.3) is 0 Å². The van der Waals surface area contributed by atoms with Crippen LogP contribution in [0, 0.1) is 17.6 Å². The van der Waals surface area contributed by atoms with E-state index in [1.54, 1.807) is 42.5 Å². The summed E-state index contributed by atoms with van der Waals surface area (Å²) in [7, 11) is 0. The summed E-state index contributed by atoms with van der Waals surface area (Å²) in [5.41, 5.74) is 1.44. The largest absolute Gasteiger partial charge is 0.494 e. The van der Waals surface area contributed by atoms with E-state index in [4.69, 9.17) is 19.5 Å². The number of rotatable bonds is 7. The number of benzene rings is 3. The van der Waals surface area contributed by atoms with Crippen molar-refractivity contribution >= 4 is 23.7 Å². The normalized spacial score (nSPS) is 10.1. The molecule has 0 saturated heterocycles. The first kappa shape index (κ1) is 21.9. The van der Waals surface area contributed by atoms with Gasteiger partial charge < -0.3 is 14.2 Å². The summed E-state index contributed by atoms with van der Waals surface area (Å²) in [4.78, 5) is 25.5. The first-order valence-corrected chi connectivity index (χ1v) is 10.3. The molecule has 7 heteroatoms. The minimum atomic E-state index is -0.550. The van der Waals surface area contributed by atoms with E-state index < -0.39 is 11.9 Å². The van der Waals surface area contributed by atoms with E-state index >= 15 is 0 Å². The lowest BCUT2D eigenvalue weighted by atomic mass is 10.1. The summed E-state index contributed by atoms with van der Waals surface area (Å²) in [5.74, 6) is 0.379. The molecule has 0 aliphatic rings. The average Bonchev–Trinajstić information content (AvgIpc) is 2.77. The van der Waals surface area contributed by atoms with Crippen molar-refractivity contribution in [2.45, 2.75) is 18.7 Å². The Balaban J connectivity index is 1.62. The van der Waals surface area contributed by atoms with Gasteiger partial charge in [0.15, 0.2) is 0 Å². The minimum Gasteiger partial charge on any atom is -0.494 e. The molecule has 156 valence electrons. The van der Waals surface area contributed by atoms with Gasteiger partial charge in [0.25, 0.3) is 0 Å². The van der Waals surface area contributed by atoms with Gasteiger partial charge in [-0.2, -0.15) is 5.26 Å². The number of carbonyl (C=O) groups is 2. The number of thiocyanates is 1. The SMILES string of the molecule is CCOc1ccc(OC(=O)c2ccc(C(=O)Oc3ccc(SC#N)c(C)c3)cc2)cc1. The fourth-order valence-corrected chi connectivity index (χ4v) is 3.15. The fourth-order valence-electron chi connectivity index (χ4n) is 2.69. The Labute approximate surface area is 184 Å². The maximum atomic E-state index is 12.4. The van der Waals surface area contributed by atoms with Gasteiger partial charge in [-0.25, -0.2) is 9.59 Å². The summed E-state index contributed by atoms with van der Waals surface area (Å²) in [6.07, 6.45) is 0. The van der Waals surface area contributed by atoms with Crippen molar-refractivity contribution in [1.29, 1.82) is 5.26 Å². The third-order valence-corrected chi connectivity index (χ3v) is 4.98. The molecular formula is C24H19NO5S. The van der Waals surface area contributed by atoms with Crippen LogP contribution in [0.1, 0.15) is 33.2 Å². The van der Waals surface area contributed by atoms with Crippen LogP contribution in [0.3, 0.4) is 0 Å². The molecule has 3 aromatic rings. The van der Waals surface area contributed by atoms with Gasteiger partial charge in [-0.05, 0) is 97.9 Å². The van der Waals surface area contributed by atoms with Gasteiger partial charge in [0, 0.05) is 4.90 Å². The maximum absolute atomic E-state index is 12.4. The smallest absolute Gasteiger partial charge is 0.343 e. The number of hydrogen-bond donors (Lipinski definition) is 0. The van der Waals surface area contributed by atoms with Gasteiger partial charge in [-0.15, -0.1) is 0 Å². The second kappa shape index (κ2) is 10.3. The van der Waals surface area contributed by atoms with E-state index in [2.05, 4.69) is 0 Å². The van der Waals surface area contributed by atoms with Crippen molar-refractivity contribution in [3.8, 4) is 22.6 Å². The average molecular weight is 433 g/mol. The van der Waals surface area contributed by atoms with Crippen molar-refractivity contribution in [1.82, 2.24) is 0 Å². The molecule has 0 heterocycles. The van der Waals surface area contributed by atoms with Gasteiger partial charge >= 0.3 is 11.9 Å². The molecular weight excluding hydrogens is 414 g/mol. The Morgan fingerprint density at radius 1 is 0.839 bits per heavy atom. The number of thioether (sulfide) groups is 1. The fraction of sp³-hybridized carbons (Fsp3) is 0.125. The van der Waals surface area contributed by atoms with Crippen molar-refractivity contribution in [2.24, 2.45) is 0 Å². The monoisotopic (exact) mass is 433 g/mol. The topological polar surface area (TPSA) is 85.6 Å². The van der Waals surface area contributed by atoms with Crippen LogP contribution in [0.15, 0.2) is 71.6 Å². The Kier molecular flexibility index (Phi) is 7.31. The summed E-state index contributed by atoms with van der Waals surface area (Å²) in [5, 5.41) is 10.8. The quantitative estimate of drug-likeness (QED) is 0.213. The number of esters is 2. The molecule has 0 saturated carbocycles. The summed E-state index contributed by atoms with van der Waals surface area (Å²) in [6, 6.07) is 17.8. The number of nitrogens with zero attached hydrogens (tertiary/aromatic N) is 1. The van der Waals surface area contributed by atoms with Crippen LogP contribution in [0.4, 0.5) is 0 Å². The van der Waals surface area contributed by atoms with Gasteiger partial charge in [-0.1, -0.05) is 0 Å². The second-order valence-electron chi connectivity index (χ2n) is 6.38. The Bertz CT molecular complexity index is 1120. The first-order valence-electron chi connectivity index (χ1n) is 9.44. The predicted molar refractivity (Wildman–Crippen MR) is 117 cm³/mol. The van der Waals surface area contributed by atoms with Gasteiger partial charge in [0.2, 0.25) is 0 Å². The zero-order valence-corrected chi connectivity index (χ0v) is 17.8. The highest BCUT2D eigenvalue weighted by atomic mass is 32.2. The predicted octanol–water partition coefficient (Wildman–Crippen LogP) is 5.41. The number of carbonyl (C=O) groups excluding carboxylic acids is 2. The molecule has 0 N–H and O–H groups in total. The molecule has 3 aromatic carbocycles. The standard InChI is InChI=1S/C24H19NO5S/c1-3-28-19-8-10-20(11-9-19)29-23(26)17-4-6-18(7-5-17)24(27)30-21-12-13-22(31-15-25)16(2)14-21/h4-14H,3H2,1-2H3. The summed E-state index contributed by atoms with van der Waals surface area (Å²) in [6.45, 7) is 4.28. The molecule has 0 aromatic heterocycles. The lowest BCUT2D eigenvalue weighted by Crippen LogP contribution is -2.11. The maximum Gasteiger partial charge on any atom is 0.343 e. The minimum absolute atomic E-state index is 0.297. The zero-order chi connectivity index (χ0) is 22.2. The molecule has 0 spiro atoms. The Morgan fingerprint density at radius 2 is 1.35 bits per heavy atom. The molecule has 0 radical (unpaired) electrons. The highest BCUT2D eigenvalue weighted by Gasteiger charge is 2.13. The lowest BCUT2D eigenvalue weighted by molar-refractivity contribution is 0.0720. The zero-order valence-electron chi connectivity index (χ0n) is 17.0. The molecule has 6 nitrogen and oxygen atoms in total. The third-order valence-electron chi connectivity index (χ3n) is 4.21. The second-order valence-corrected chi connectivity index (χ2v) is 7.21. The highest BCUT2D eigenvalue weighted by Crippen LogP contribution is 2.26. The van der Waals surface area contributed by atoms with E-state index in [1.807, 2.05) is 19.2 Å². The van der Waals surface area contributed by atoms with Crippen LogP contribution in [0.5, 0.6) is 17.2 Å². The van der Waals surface area contributed by atoms with E-state index in [0.717, 1.165) is 22.2 Å². The number of nitriles is 1. The van der Waals surface area contributed by atoms with Gasteiger partial charge in [-0.3, -0.25) is 0 Å². The third kappa shape index (κ3) is 5.87. The number of hydrogen-bond acceptors (Lipinski definition) is 7. The highest BCUT2D eigenvalue weighted by molar-refractivity contribution is 8.03. The summed E-state index contributed by atoms with van der Waals surface area (Å²) < 4.78 is 16.1. The first-order chi connectivity index (χ1) is 15.0. The molecule has 0 unspecified atom stereocenters. The van der Waals surface area contributed by atoms with Crippen molar-refractivity contribution in [3.05, 3.63) is 83.4 Å². The van der Waals surface area contributed by atoms with Crippen molar-refractivity contribution < 1.29 is 23.8 Å². The van der Waals surface area contributed by atoms with E-state index in [1.165, 1.54) is 24.3 Å². The van der Waals surface area contributed by atoms with E-state index in [9.17, 15) is 9.59 Å². The van der Waals surface area contributed by atoms with Crippen molar-refractivity contribution in [3.63, 3.8) is 0 Å². The molecule has 0 aliphatic carbocycles. The number of ether oxygens (including phenoxy) is 3. The van der Waals surface area contributed by atoms with Crippen LogP contribution < -0.4 is 14.2 Å². The Morgan fingerprint density at radius 3 is 1.87 bits per heavy atom. The molecule has 31 heavy (non-hydrogen) atoms. The van der Waals surface area contributed by atoms with Crippen LogP contribution in [-0.4, -0.2) is 18.5 Å². The van der Waals surface area contributed by atoms with Crippen molar-refractivity contribution in [2.75, 3.05) is 6.61 Å². The van der Waals surface area contributed by atoms with Gasteiger partial charge in [0.05, 0.1) is 17.7 Å². The van der Waals surface area contributed by atoms with E-state index in [0.29, 0.717) is 35.0 Å². The summed E-state index contributed by atoms with van der Waals surface area (Å²) >= 11 is 1.05. The molecule has 0 atom stereocenters. The number of aryl methyl sites for hydroxylation is 1. The molecule has 3 rings (SSSR count).